The molecule has 5 aromatic rings. The van der Waals surface area contributed by atoms with Crippen molar-refractivity contribution in [3.63, 3.8) is 0 Å². The first-order valence-electron chi connectivity index (χ1n) is 10.3. The standard InChI is InChI=1S/C25H18N4O5/c1-12-11-13(2)28-25(27-12)29-22(26)20-18(14-7-3-5-9-16(14)33-24(20)32)19-21(30)15-8-4-6-10-17(15)34-23(19)31/h3-11,30H,1-2H3,(H2,26,27,28,29). The predicted octanol–water partition coefficient (Wildman–Crippen LogP) is 3.72. The van der Waals surface area contributed by atoms with Gasteiger partial charge in [-0.2, -0.15) is 4.99 Å². The first-order chi connectivity index (χ1) is 16.3. The van der Waals surface area contributed by atoms with Gasteiger partial charge in [-0.25, -0.2) is 19.6 Å². The summed E-state index contributed by atoms with van der Waals surface area (Å²) in [5, 5.41) is 11.8. The first kappa shape index (κ1) is 21.1. The molecular formula is C25H18N4O5. The minimum absolute atomic E-state index is 0.0447. The molecule has 0 saturated heterocycles. The normalized spacial score (nSPS) is 11.9. The fourth-order valence-corrected chi connectivity index (χ4v) is 3.92. The number of aromatic hydroxyl groups is 1. The van der Waals surface area contributed by atoms with Gasteiger partial charge in [0.05, 0.1) is 5.39 Å². The van der Waals surface area contributed by atoms with Crippen molar-refractivity contribution in [1.82, 2.24) is 9.97 Å². The van der Waals surface area contributed by atoms with Crippen molar-refractivity contribution in [2.75, 3.05) is 0 Å². The Kier molecular flexibility index (Phi) is 4.94. The summed E-state index contributed by atoms with van der Waals surface area (Å²) in [4.78, 5) is 38.8. The molecule has 3 aromatic heterocycles. The quantitative estimate of drug-likeness (QED) is 0.238. The summed E-state index contributed by atoms with van der Waals surface area (Å²) in [6, 6.07) is 14.9. The number of para-hydroxylation sites is 2. The summed E-state index contributed by atoms with van der Waals surface area (Å²) >= 11 is 0. The number of aryl methyl sites for hydroxylation is 2. The maximum absolute atomic E-state index is 13.1. The maximum atomic E-state index is 13.1. The number of aliphatic imine (C=N–C) groups is 1. The van der Waals surface area contributed by atoms with Crippen molar-refractivity contribution < 1.29 is 13.9 Å². The molecule has 3 N–H and O–H groups in total. The molecule has 168 valence electrons. The molecule has 0 saturated carbocycles. The number of rotatable bonds is 3. The summed E-state index contributed by atoms with van der Waals surface area (Å²) in [5.41, 5.74) is 5.93. The summed E-state index contributed by atoms with van der Waals surface area (Å²) in [6.45, 7) is 3.55. The van der Waals surface area contributed by atoms with Crippen LogP contribution in [0.2, 0.25) is 0 Å². The largest absolute Gasteiger partial charge is 0.506 e. The van der Waals surface area contributed by atoms with E-state index >= 15 is 0 Å². The predicted molar refractivity (Wildman–Crippen MR) is 128 cm³/mol. The highest BCUT2D eigenvalue weighted by Crippen LogP contribution is 2.37. The van der Waals surface area contributed by atoms with Gasteiger partial charge in [-0.1, -0.05) is 30.3 Å². The molecule has 0 aliphatic rings. The van der Waals surface area contributed by atoms with Crippen molar-refractivity contribution in [3.8, 4) is 16.9 Å². The molecule has 5 rings (SSSR count). The Bertz CT molecular complexity index is 1730. The zero-order valence-corrected chi connectivity index (χ0v) is 18.2. The molecule has 0 unspecified atom stereocenters. The third-order valence-corrected chi connectivity index (χ3v) is 5.30. The highest BCUT2D eigenvalue weighted by atomic mass is 16.4. The molecule has 2 aromatic carbocycles. The van der Waals surface area contributed by atoms with E-state index in [2.05, 4.69) is 15.0 Å². The monoisotopic (exact) mass is 454 g/mol. The number of aromatic nitrogens is 2. The highest BCUT2D eigenvalue weighted by molar-refractivity contribution is 6.11. The molecule has 9 heteroatoms. The molecule has 0 bridgehead atoms. The van der Waals surface area contributed by atoms with Crippen LogP contribution in [-0.4, -0.2) is 20.9 Å². The Morgan fingerprint density at radius 1 is 0.853 bits per heavy atom. The van der Waals surface area contributed by atoms with Crippen LogP contribution in [0.25, 0.3) is 33.1 Å². The van der Waals surface area contributed by atoms with Gasteiger partial charge in [0.2, 0.25) is 0 Å². The number of fused-ring (bicyclic) bond motifs is 2. The van der Waals surface area contributed by atoms with E-state index in [1.54, 1.807) is 68.4 Å². The van der Waals surface area contributed by atoms with Crippen LogP contribution in [0.5, 0.6) is 5.75 Å². The Hall–Kier alpha value is -4.79. The van der Waals surface area contributed by atoms with Crippen molar-refractivity contribution in [2.45, 2.75) is 13.8 Å². The summed E-state index contributed by atoms with van der Waals surface area (Å²) < 4.78 is 10.9. The molecular weight excluding hydrogens is 436 g/mol. The van der Waals surface area contributed by atoms with Gasteiger partial charge in [-0.05, 0) is 38.1 Å². The molecule has 9 nitrogen and oxygen atoms in total. The van der Waals surface area contributed by atoms with E-state index in [1.807, 2.05) is 0 Å². The van der Waals surface area contributed by atoms with Gasteiger partial charge < -0.3 is 19.7 Å². The second kappa shape index (κ2) is 7.96. The average molecular weight is 454 g/mol. The summed E-state index contributed by atoms with van der Waals surface area (Å²) in [7, 11) is 0. The number of nitrogens with two attached hydrogens (primary N) is 1. The topological polar surface area (TPSA) is 145 Å². The Balaban J connectivity index is 1.90. The van der Waals surface area contributed by atoms with Crippen LogP contribution in [0.3, 0.4) is 0 Å². The molecule has 0 atom stereocenters. The van der Waals surface area contributed by atoms with E-state index in [4.69, 9.17) is 14.6 Å². The molecule has 0 amide bonds. The number of nitrogens with zero attached hydrogens (tertiary/aromatic N) is 3. The van der Waals surface area contributed by atoms with E-state index < -0.39 is 11.3 Å². The third-order valence-electron chi connectivity index (χ3n) is 5.30. The first-order valence-corrected chi connectivity index (χ1v) is 10.3. The Morgan fingerprint density at radius 2 is 1.41 bits per heavy atom. The molecule has 0 fully saturated rings. The number of hydrogen-bond acceptors (Lipinski definition) is 8. The lowest BCUT2D eigenvalue weighted by Gasteiger charge is -2.13. The van der Waals surface area contributed by atoms with Crippen molar-refractivity contribution in [1.29, 1.82) is 0 Å². The molecule has 3 heterocycles. The van der Waals surface area contributed by atoms with Gasteiger partial charge in [-0.3, -0.25) is 0 Å². The molecule has 0 spiro atoms. The molecule has 0 aliphatic heterocycles. The molecule has 0 radical (unpaired) electrons. The number of amidine groups is 1. The van der Waals surface area contributed by atoms with E-state index in [0.717, 1.165) is 0 Å². The number of hydrogen-bond donors (Lipinski definition) is 2. The van der Waals surface area contributed by atoms with Crippen molar-refractivity contribution in [2.24, 2.45) is 10.7 Å². The van der Waals surface area contributed by atoms with E-state index in [9.17, 15) is 14.7 Å². The van der Waals surface area contributed by atoms with E-state index in [0.29, 0.717) is 22.2 Å². The maximum Gasteiger partial charge on any atom is 0.348 e. The smallest absolute Gasteiger partial charge is 0.348 e. The summed E-state index contributed by atoms with van der Waals surface area (Å²) in [5.74, 6) is -0.575. The Labute approximate surface area is 191 Å². The van der Waals surface area contributed by atoms with Gasteiger partial charge in [0, 0.05) is 22.3 Å². The second-order valence-corrected chi connectivity index (χ2v) is 7.69. The molecule has 34 heavy (non-hydrogen) atoms. The lowest BCUT2D eigenvalue weighted by Crippen LogP contribution is -2.25. The zero-order chi connectivity index (χ0) is 24.0. The van der Waals surface area contributed by atoms with E-state index in [-0.39, 0.29) is 45.4 Å². The fourth-order valence-electron chi connectivity index (χ4n) is 3.92. The Morgan fingerprint density at radius 3 is 2.09 bits per heavy atom. The van der Waals surface area contributed by atoms with Crippen LogP contribution in [0.15, 0.2) is 78.0 Å². The van der Waals surface area contributed by atoms with Crippen molar-refractivity contribution in [3.05, 3.63) is 92.4 Å². The van der Waals surface area contributed by atoms with Crippen LogP contribution < -0.4 is 17.0 Å². The second-order valence-electron chi connectivity index (χ2n) is 7.69. The SMILES string of the molecule is Cc1cc(C)nc(/N=C(\N)c2c(-c3c(O)c4ccccc4oc3=O)c3ccccc3oc2=O)n1. The van der Waals surface area contributed by atoms with Crippen molar-refractivity contribution >= 4 is 33.7 Å². The summed E-state index contributed by atoms with van der Waals surface area (Å²) in [6.07, 6.45) is 0. The van der Waals surface area contributed by atoms with Gasteiger partial charge >= 0.3 is 11.3 Å². The molecule has 0 aliphatic carbocycles. The zero-order valence-electron chi connectivity index (χ0n) is 18.2. The van der Waals surface area contributed by atoms with Gasteiger partial charge in [0.15, 0.2) is 0 Å². The lowest BCUT2D eigenvalue weighted by atomic mass is 9.96. The van der Waals surface area contributed by atoms with Crippen LogP contribution >= 0.6 is 0 Å². The van der Waals surface area contributed by atoms with E-state index in [1.165, 1.54) is 0 Å². The third kappa shape index (κ3) is 3.49. The fraction of sp³-hybridized carbons (Fsp3) is 0.0800. The number of benzene rings is 2. The van der Waals surface area contributed by atoms with Crippen LogP contribution in [-0.2, 0) is 0 Å². The minimum atomic E-state index is -0.844. The van der Waals surface area contributed by atoms with Gasteiger partial charge in [0.1, 0.15) is 33.9 Å². The highest BCUT2D eigenvalue weighted by Gasteiger charge is 2.26. The van der Waals surface area contributed by atoms with Crippen LogP contribution in [0.4, 0.5) is 5.95 Å². The van der Waals surface area contributed by atoms with Gasteiger partial charge in [0.25, 0.3) is 5.95 Å². The van der Waals surface area contributed by atoms with Crippen LogP contribution in [0.1, 0.15) is 17.0 Å². The lowest BCUT2D eigenvalue weighted by molar-refractivity contribution is 0.471. The minimum Gasteiger partial charge on any atom is -0.506 e. The van der Waals surface area contributed by atoms with Gasteiger partial charge in [-0.15, -0.1) is 0 Å². The average Bonchev–Trinajstić information content (AvgIpc) is 2.78. The van der Waals surface area contributed by atoms with Crippen LogP contribution in [0, 0.1) is 13.8 Å².